The molecule has 0 radical (unpaired) electrons. The van der Waals surface area contributed by atoms with Crippen molar-refractivity contribution in [3.8, 4) is 0 Å². The van der Waals surface area contributed by atoms with Crippen molar-refractivity contribution in [2.75, 3.05) is 17.2 Å². The maximum Gasteiger partial charge on any atom is 0.249 e. The van der Waals surface area contributed by atoms with Gasteiger partial charge < -0.3 is 10.6 Å². The molecule has 132 valence electrons. The van der Waals surface area contributed by atoms with Crippen LogP contribution in [0.15, 0.2) is 30.0 Å². The third-order valence-electron chi connectivity index (χ3n) is 4.61. The molecule has 5 nitrogen and oxygen atoms in total. The number of allylic oxidation sites excluding steroid dienone is 1. The van der Waals surface area contributed by atoms with Crippen molar-refractivity contribution in [2.45, 2.75) is 52.9 Å². The monoisotopic (exact) mass is 337 g/mol. The molecule has 25 heavy (non-hydrogen) atoms. The number of hydrogen-bond acceptors (Lipinski definition) is 5. The van der Waals surface area contributed by atoms with Crippen molar-refractivity contribution in [3.63, 3.8) is 0 Å². The number of nitrogens with zero attached hydrogens (tertiary/aromatic N) is 3. The Hall–Kier alpha value is -2.43. The van der Waals surface area contributed by atoms with Crippen molar-refractivity contribution in [2.24, 2.45) is 0 Å². The smallest absolute Gasteiger partial charge is 0.249 e. The van der Waals surface area contributed by atoms with Gasteiger partial charge in [-0.05, 0) is 64.0 Å². The lowest BCUT2D eigenvalue weighted by atomic mass is 9.97. The van der Waals surface area contributed by atoms with Gasteiger partial charge in [-0.2, -0.15) is 10.1 Å². The Morgan fingerprint density at radius 1 is 1.08 bits per heavy atom. The predicted octanol–water partition coefficient (Wildman–Crippen LogP) is 4.84. The zero-order valence-corrected chi connectivity index (χ0v) is 15.4. The third-order valence-corrected chi connectivity index (χ3v) is 4.61. The van der Waals surface area contributed by atoms with E-state index in [9.17, 15) is 0 Å². The molecule has 1 aliphatic rings. The van der Waals surface area contributed by atoms with Crippen LogP contribution in [0.4, 0.5) is 17.5 Å². The lowest BCUT2D eigenvalue weighted by molar-refractivity contribution is 0.679. The van der Waals surface area contributed by atoms with Gasteiger partial charge in [0.1, 0.15) is 0 Å². The third kappa shape index (κ3) is 4.78. The van der Waals surface area contributed by atoms with Crippen LogP contribution in [0, 0.1) is 20.8 Å². The van der Waals surface area contributed by atoms with Gasteiger partial charge in [0.15, 0.2) is 5.82 Å². The number of nitrogens with one attached hydrogen (secondary N) is 2. The zero-order valence-electron chi connectivity index (χ0n) is 15.4. The summed E-state index contributed by atoms with van der Waals surface area (Å²) >= 11 is 0. The standard InChI is InChI=1S/C20H27N5/c1-14-11-15(2)19(16(3)12-14)24-20-23-18(13-22-25-20)21-10-9-17-7-5-4-6-8-17/h7,11-13H,4-6,8-10H2,1-3H3,(H2,21,23,24,25). The molecule has 0 saturated carbocycles. The highest BCUT2D eigenvalue weighted by Gasteiger charge is 2.08. The van der Waals surface area contributed by atoms with E-state index in [1.54, 1.807) is 11.8 Å². The van der Waals surface area contributed by atoms with Gasteiger partial charge in [0.25, 0.3) is 0 Å². The zero-order chi connectivity index (χ0) is 17.6. The largest absolute Gasteiger partial charge is 0.368 e. The average molecular weight is 337 g/mol. The number of rotatable bonds is 6. The van der Waals surface area contributed by atoms with Crippen LogP contribution in [-0.2, 0) is 0 Å². The summed E-state index contributed by atoms with van der Waals surface area (Å²) in [6.45, 7) is 7.17. The molecule has 1 aliphatic carbocycles. The van der Waals surface area contributed by atoms with E-state index in [2.05, 4.69) is 64.8 Å². The van der Waals surface area contributed by atoms with E-state index in [1.807, 2.05) is 0 Å². The Balaban J connectivity index is 1.62. The normalized spacial score (nSPS) is 14.1. The molecule has 0 fully saturated rings. The molecule has 0 saturated heterocycles. The summed E-state index contributed by atoms with van der Waals surface area (Å²) in [5.74, 6) is 1.29. The highest BCUT2D eigenvalue weighted by Crippen LogP contribution is 2.24. The lowest BCUT2D eigenvalue weighted by Gasteiger charge is -2.14. The van der Waals surface area contributed by atoms with E-state index >= 15 is 0 Å². The molecule has 0 atom stereocenters. The summed E-state index contributed by atoms with van der Waals surface area (Å²) in [5, 5.41) is 14.9. The van der Waals surface area contributed by atoms with E-state index in [4.69, 9.17) is 0 Å². The summed E-state index contributed by atoms with van der Waals surface area (Å²) in [6.07, 6.45) is 10.3. The van der Waals surface area contributed by atoms with Crippen LogP contribution in [0.25, 0.3) is 0 Å². The van der Waals surface area contributed by atoms with Crippen molar-refractivity contribution < 1.29 is 0 Å². The molecule has 0 bridgehead atoms. The quantitative estimate of drug-likeness (QED) is 0.738. The Kier molecular flexibility index (Phi) is 5.64. The van der Waals surface area contributed by atoms with Crippen LogP contribution < -0.4 is 10.6 Å². The first-order chi connectivity index (χ1) is 12.1. The van der Waals surface area contributed by atoms with E-state index in [0.717, 1.165) is 24.5 Å². The van der Waals surface area contributed by atoms with Crippen LogP contribution in [0.5, 0.6) is 0 Å². The Morgan fingerprint density at radius 3 is 2.60 bits per heavy atom. The first-order valence-electron chi connectivity index (χ1n) is 9.08. The van der Waals surface area contributed by atoms with Crippen molar-refractivity contribution in [1.82, 2.24) is 15.2 Å². The van der Waals surface area contributed by atoms with Gasteiger partial charge in [0.05, 0.1) is 6.20 Å². The summed E-state index contributed by atoms with van der Waals surface area (Å²) in [6, 6.07) is 4.31. The molecule has 0 spiro atoms. The van der Waals surface area contributed by atoms with Gasteiger partial charge in [0, 0.05) is 12.2 Å². The molecule has 1 aromatic heterocycles. The number of anilines is 3. The van der Waals surface area contributed by atoms with Gasteiger partial charge in [-0.15, -0.1) is 5.10 Å². The van der Waals surface area contributed by atoms with Crippen molar-refractivity contribution in [1.29, 1.82) is 0 Å². The Morgan fingerprint density at radius 2 is 1.88 bits per heavy atom. The topological polar surface area (TPSA) is 62.7 Å². The lowest BCUT2D eigenvalue weighted by Crippen LogP contribution is -2.09. The van der Waals surface area contributed by atoms with Crippen LogP contribution in [-0.4, -0.2) is 21.7 Å². The molecule has 3 rings (SSSR count). The molecule has 0 amide bonds. The SMILES string of the molecule is Cc1cc(C)c(Nc2nncc(NCCC3=CCCCC3)n2)c(C)c1. The fourth-order valence-electron chi connectivity index (χ4n) is 3.41. The van der Waals surface area contributed by atoms with Crippen LogP contribution in [0.1, 0.15) is 48.8 Å². The maximum absolute atomic E-state index is 4.54. The van der Waals surface area contributed by atoms with Gasteiger partial charge >= 0.3 is 0 Å². The fraction of sp³-hybridized carbons (Fsp3) is 0.450. The van der Waals surface area contributed by atoms with Gasteiger partial charge in [-0.1, -0.05) is 29.3 Å². The average Bonchev–Trinajstić information content (AvgIpc) is 2.59. The maximum atomic E-state index is 4.54. The van der Waals surface area contributed by atoms with Gasteiger partial charge in [-0.25, -0.2) is 0 Å². The van der Waals surface area contributed by atoms with Gasteiger partial charge in [0.2, 0.25) is 5.95 Å². The molecule has 0 unspecified atom stereocenters. The number of benzene rings is 1. The first kappa shape index (κ1) is 17.4. The Labute approximate surface area is 150 Å². The number of hydrogen-bond donors (Lipinski definition) is 2. The van der Waals surface area contributed by atoms with Crippen LogP contribution in [0.3, 0.4) is 0 Å². The molecule has 2 aromatic rings. The number of aryl methyl sites for hydroxylation is 3. The molecule has 1 heterocycles. The Bertz CT molecular complexity index is 743. The second-order valence-electron chi connectivity index (χ2n) is 6.85. The summed E-state index contributed by atoms with van der Waals surface area (Å²) in [4.78, 5) is 4.54. The molecule has 0 aliphatic heterocycles. The van der Waals surface area contributed by atoms with E-state index in [0.29, 0.717) is 5.95 Å². The fourth-order valence-corrected chi connectivity index (χ4v) is 3.41. The van der Waals surface area contributed by atoms with Crippen LogP contribution >= 0.6 is 0 Å². The second-order valence-corrected chi connectivity index (χ2v) is 6.85. The van der Waals surface area contributed by atoms with E-state index in [-0.39, 0.29) is 0 Å². The minimum absolute atomic E-state index is 0.525. The summed E-state index contributed by atoms with van der Waals surface area (Å²) in [5.41, 5.74) is 6.24. The summed E-state index contributed by atoms with van der Waals surface area (Å²) in [7, 11) is 0. The molecular formula is C20H27N5. The molecule has 5 heteroatoms. The van der Waals surface area contributed by atoms with Crippen LogP contribution in [0.2, 0.25) is 0 Å². The van der Waals surface area contributed by atoms with E-state index < -0.39 is 0 Å². The first-order valence-corrected chi connectivity index (χ1v) is 9.08. The highest BCUT2D eigenvalue weighted by molar-refractivity contribution is 5.64. The second kappa shape index (κ2) is 8.10. The minimum atomic E-state index is 0.525. The molecule has 2 N–H and O–H groups in total. The minimum Gasteiger partial charge on any atom is -0.368 e. The molecule has 1 aromatic carbocycles. The van der Waals surface area contributed by atoms with Crippen molar-refractivity contribution >= 4 is 17.5 Å². The predicted molar refractivity (Wildman–Crippen MR) is 103 cm³/mol. The van der Waals surface area contributed by atoms with E-state index in [1.165, 1.54) is 42.4 Å². The highest BCUT2D eigenvalue weighted by atomic mass is 15.3. The van der Waals surface area contributed by atoms with Gasteiger partial charge in [-0.3, -0.25) is 0 Å². The number of aromatic nitrogens is 3. The molecular weight excluding hydrogens is 310 g/mol. The van der Waals surface area contributed by atoms with Crippen molar-refractivity contribution in [3.05, 3.63) is 46.7 Å². The summed E-state index contributed by atoms with van der Waals surface area (Å²) < 4.78 is 0.